The Labute approximate surface area is 174 Å². The molecule has 1 aromatic carbocycles. The number of benzene rings is 1. The van der Waals surface area contributed by atoms with E-state index < -0.39 is 12.1 Å². The summed E-state index contributed by atoms with van der Waals surface area (Å²) in [6, 6.07) is 6.89. The smallest absolute Gasteiger partial charge is 0.475 e. The van der Waals surface area contributed by atoms with Gasteiger partial charge in [0, 0.05) is 48.5 Å². The van der Waals surface area contributed by atoms with Gasteiger partial charge in [-0.1, -0.05) is 13.8 Å². The Bertz CT molecular complexity index is 772. The second kappa shape index (κ2) is 9.24. The number of fused-ring (bicyclic) bond motifs is 2. The molecule has 1 fully saturated rings. The number of nitrogens with zero attached hydrogens (tertiary/aromatic N) is 1. The van der Waals surface area contributed by atoms with E-state index in [4.69, 9.17) is 14.6 Å². The Hall–Kier alpha value is -2.29. The van der Waals surface area contributed by atoms with Gasteiger partial charge in [0.05, 0.1) is 0 Å². The van der Waals surface area contributed by atoms with Gasteiger partial charge in [0.1, 0.15) is 0 Å². The number of alkyl halides is 3. The SMILES string of the molecule is CC(C)C(=O)Nc1ccc2c(c1)C1(CCOCC1)CN2C(C)C.O=C(O)C(F)(F)F. The van der Waals surface area contributed by atoms with Gasteiger partial charge in [-0.15, -0.1) is 0 Å². The summed E-state index contributed by atoms with van der Waals surface area (Å²) in [6.45, 7) is 11.0. The van der Waals surface area contributed by atoms with Crippen molar-refractivity contribution >= 4 is 23.3 Å². The summed E-state index contributed by atoms with van der Waals surface area (Å²) in [4.78, 5) is 23.4. The van der Waals surface area contributed by atoms with Crippen LogP contribution in [0.25, 0.3) is 0 Å². The normalized spacial score (nSPS) is 17.6. The lowest BCUT2D eigenvalue weighted by Gasteiger charge is -2.35. The number of ether oxygens (including phenoxy) is 1. The molecule has 0 saturated carbocycles. The predicted octanol–water partition coefficient (Wildman–Crippen LogP) is 4.19. The molecule has 0 radical (unpaired) electrons. The topological polar surface area (TPSA) is 78.9 Å². The Morgan fingerprint density at radius 2 is 1.73 bits per heavy atom. The number of nitrogens with one attached hydrogen (secondary N) is 1. The summed E-state index contributed by atoms with van der Waals surface area (Å²) < 4.78 is 37.3. The minimum atomic E-state index is -5.08. The number of hydrogen-bond donors (Lipinski definition) is 2. The van der Waals surface area contributed by atoms with Gasteiger partial charge in [0.2, 0.25) is 5.91 Å². The highest BCUT2D eigenvalue weighted by Crippen LogP contribution is 2.48. The minimum Gasteiger partial charge on any atom is -0.475 e. The second-order valence-electron chi connectivity index (χ2n) is 8.29. The molecule has 0 atom stereocenters. The molecular weight excluding hydrogens is 401 g/mol. The summed E-state index contributed by atoms with van der Waals surface area (Å²) in [6.07, 6.45) is -2.96. The first-order chi connectivity index (χ1) is 13.9. The van der Waals surface area contributed by atoms with Crippen LogP contribution in [-0.2, 0) is 19.7 Å². The number of anilines is 2. The summed E-state index contributed by atoms with van der Waals surface area (Å²) >= 11 is 0. The fourth-order valence-corrected chi connectivity index (χ4v) is 3.72. The Balaban J connectivity index is 0.000000396. The van der Waals surface area contributed by atoms with E-state index in [-0.39, 0.29) is 17.2 Å². The molecule has 1 amide bonds. The van der Waals surface area contributed by atoms with Gasteiger partial charge in [-0.05, 0) is 50.5 Å². The number of aliphatic carboxylic acids is 1. The molecule has 30 heavy (non-hydrogen) atoms. The van der Waals surface area contributed by atoms with Crippen molar-refractivity contribution in [3.05, 3.63) is 23.8 Å². The van der Waals surface area contributed by atoms with Crippen molar-refractivity contribution in [2.24, 2.45) is 5.92 Å². The van der Waals surface area contributed by atoms with Crippen LogP contribution in [0.1, 0.15) is 46.1 Å². The molecule has 168 valence electrons. The largest absolute Gasteiger partial charge is 0.490 e. The summed E-state index contributed by atoms with van der Waals surface area (Å²) in [5, 5.41) is 10.2. The van der Waals surface area contributed by atoms with Crippen LogP contribution in [-0.4, -0.2) is 49.0 Å². The average Bonchev–Trinajstić information content (AvgIpc) is 2.96. The first-order valence-electron chi connectivity index (χ1n) is 9.97. The molecule has 0 aromatic heterocycles. The molecule has 0 aliphatic carbocycles. The van der Waals surface area contributed by atoms with E-state index in [1.165, 1.54) is 11.3 Å². The Morgan fingerprint density at radius 3 is 2.20 bits per heavy atom. The molecule has 0 unspecified atom stereocenters. The second-order valence-corrected chi connectivity index (χ2v) is 8.29. The molecule has 2 aliphatic heterocycles. The molecule has 9 heteroatoms. The monoisotopic (exact) mass is 430 g/mol. The lowest BCUT2D eigenvalue weighted by atomic mass is 9.75. The maximum absolute atomic E-state index is 12.0. The van der Waals surface area contributed by atoms with Crippen molar-refractivity contribution in [2.45, 2.75) is 58.2 Å². The van der Waals surface area contributed by atoms with Gasteiger partial charge >= 0.3 is 12.1 Å². The van der Waals surface area contributed by atoms with Crippen LogP contribution in [0.5, 0.6) is 0 Å². The van der Waals surface area contributed by atoms with Gasteiger partial charge in [0.25, 0.3) is 0 Å². The highest BCUT2D eigenvalue weighted by molar-refractivity contribution is 5.92. The molecule has 1 spiro atoms. The number of halogens is 3. The van der Waals surface area contributed by atoms with E-state index in [1.54, 1.807) is 0 Å². The third-order valence-electron chi connectivity index (χ3n) is 5.46. The highest BCUT2D eigenvalue weighted by atomic mass is 19.4. The van der Waals surface area contributed by atoms with Gasteiger partial charge in [-0.25, -0.2) is 4.79 Å². The lowest BCUT2D eigenvalue weighted by Crippen LogP contribution is -2.40. The minimum absolute atomic E-state index is 0.00698. The molecule has 1 aromatic rings. The van der Waals surface area contributed by atoms with Crippen molar-refractivity contribution in [1.29, 1.82) is 0 Å². The molecule has 3 rings (SSSR count). The Morgan fingerprint density at radius 1 is 1.17 bits per heavy atom. The van der Waals surface area contributed by atoms with E-state index >= 15 is 0 Å². The number of carbonyl (C=O) groups is 2. The summed E-state index contributed by atoms with van der Waals surface area (Å²) in [5.41, 5.74) is 3.80. The van der Waals surface area contributed by atoms with Crippen LogP contribution in [0.4, 0.5) is 24.5 Å². The van der Waals surface area contributed by atoms with Crippen LogP contribution in [0.15, 0.2) is 18.2 Å². The van der Waals surface area contributed by atoms with Crippen LogP contribution < -0.4 is 10.2 Å². The predicted molar refractivity (Wildman–Crippen MR) is 108 cm³/mol. The molecule has 6 nitrogen and oxygen atoms in total. The maximum atomic E-state index is 12.0. The van der Waals surface area contributed by atoms with Gasteiger partial charge in [-0.2, -0.15) is 13.2 Å². The van der Waals surface area contributed by atoms with Crippen molar-refractivity contribution in [3.63, 3.8) is 0 Å². The maximum Gasteiger partial charge on any atom is 0.490 e. The zero-order valence-electron chi connectivity index (χ0n) is 17.7. The van der Waals surface area contributed by atoms with Crippen molar-refractivity contribution in [1.82, 2.24) is 0 Å². The van der Waals surface area contributed by atoms with Gasteiger partial charge in [-0.3, -0.25) is 4.79 Å². The molecular formula is C21H29F3N2O4. The molecule has 2 aliphatic rings. The number of carboxylic acid groups (broad SMARTS) is 1. The third-order valence-corrected chi connectivity index (χ3v) is 5.46. The quantitative estimate of drug-likeness (QED) is 0.752. The summed E-state index contributed by atoms with van der Waals surface area (Å²) in [5.74, 6) is -2.69. The highest BCUT2D eigenvalue weighted by Gasteiger charge is 2.44. The van der Waals surface area contributed by atoms with E-state index in [0.29, 0.717) is 6.04 Å². The third kappa shape index (κ3) is 5.44. The summed E-state index contributed by atoms with van der Waals surface area (Å²) in [7, 11) is 0. The first-order valence-corrected chi connectivity index (χ1v) is 9.97. The van der Waals surface area contributed by atoms with Crippen LogP contribution in [0, 0.1) is 5.92 Å². The Kier molecular flexibility index (Phi) is 7.39. The van der Waals surface area contributed by atoms with Gasteiger partial charge < -0.3 is 20.1 Å². The molecule has 0 bridgehead atoms. The number of amides is 1. The number of carbonyl (C=O) groups excluding carboxylic acids is 1. The van der Waals surface area contributed by atoms with Crippen LogP contribution >= 0.6 is 0 Å². The van der Waals surface area contributed by atoms with Crippen molar-refractivity contribution in [2.75, 3.05) is 30.0 Å². The molecule has 2 N–H and O–H groups in total. The first kappa shape index (κ1) is 24.0. The zero-order valence-corrected chi connectivity index (χ0v) is 17.7. The number of hydrogen-bond acceptors (Lipinski definition) is 4. The number of carboxylic acids is 1. The molecule has 1 saturated heterocycles. The zero-order chi connectivity index (χ0) is 22.7. The van der Waals surface area contributed by atoms with Crippen LogP contribution in [0.3, 0.4) is 0 Å². The average molecular weight is 430 g/mol. The molecule has 2 heterocycles. The lowest BCUT2D eigenvalue weighted by molar-refractivity contribution is -0.192. The fraction of sp³-hybridized carbons (Fsp3) is 0.619. The van der Waals surface area contributed by atoms with Crippen LogP contribution in [0.2, 0.25) is 0 Å². The van der Waals surface area contributed by atoms with E-state index in [0.717, 1.165) is 38.3 Å². The fourth-order valence-electron chi connectivity index (χ4n) is 3.72. The number of rotatable bonds is 3. The van der Waals surface area contributed by atoms with E-state index in [2.05, 4.69) is 36.2 Å². The van der Waals surface area contributed by atoms with E-state index in [9.17, 15) is 18.0 Å². The van der Waals surface area contributed by atoms with Gasteiger partial charge in [0.15, 0.2) is 0 Å². The van der Waals surface area contributed by atoms with Crippen molar-refractivity contribution < 1.29 is 32.6 Å². The van der Waals surface area contributed by atoms with E-state index in [1.807, 2.05) is 19.9 Å². The van der Waals surface area contributed by atoms with Crippen molar-refractivity contribution in [3.8, 4) is 0 Å². The standard InChI is InChI=1S/C19H28N2O2.C2HF3O2/c1-13(2)18(22)20-15-5-6-17-16(11-15)19(7-9-23-10-8-19)12-21(17)14(3)4;3-2(4,5)1(6)7/h5-6,11,13-14H,7-10,12H2,1-4H3,(H,20,22);(H,6,7).